The Morgan fingerprint density at radius 2 is 0.494 bits per heavy atom. The molecule has 0 bridgehead atoms. The normalized spacial score (nSPS) is 12.6. The van der Waals surface area contributed by atoms with Gasteiger partial charge in [-0.15, -0.1) is 0 Å². The third-order valence-corrected chi connectivity index (χ3v) is 14.9. The van der Waals surface area contributed by atoms with E-state index in [1.165, 1.54) is 205 Å². The Labute approximate surface area is 490 Å². The number of hydrogen-bond donors (Lipinski definition) is 0. The number of ether oxygens (including phenoxy) is 3. The van der Waals surface area contributed by atoms with Gasteiger partial charge in [0.15, 0.2) is 6.10 Å². The summed E-state index contributed by atoms with van der Waals surface area (Å²) in [6, 6.07) is 0. The molecule has 0 aromatic carbocycles. The first-order valence-corrected chi connectivity index (χ1v) is 34.1. The molecule has 79 heavy (non-hydrogen) atoms. The maximum absolute atomic E-state index is 13.0. The lowest BCUT2D eigenvalue weighted by molar-refractivity contribution is -0.167. The van der Waals surface area contributed by atoms with Crippen LogP contribution in [0.5, 0.6) is 0 Å². The van der Waals surface area contributed by atoms with Gasteiger partial charge in [0.05, 0.1) is 0 Å². The SMILES string of the molecule is CC/C=C\C/C=C\C/C=C\C/C=C\CCCCCCCCCCC(=O)OCC(COC(=O)CCCCCCCCCCC/C=C\CCCCCCCC)OC(=O)CCCCCCCCCCC/C=C\C/C=C\CCCCCCC. The van der Waals surface area contributed by atoms with E-state index in [0.29, 0.717) is 19.3 Å². The molecule has 1 atom stereocenters. The van der Waals surface area contributed by atoms with E-state index in [1.807, 2.05) is 0 Å². The molecule has 0 aliphatic rings. The highest BCUT2D eigenvalue weighted by atomic mass is 16.6. The number of unbranched alkanes of at least 4 members (excludes halogenated alkanes) is 37. The highest BCUT2D eigenvalue weighted by Gasteiger charge is 2.19. The van der Waals surface area contributed by atoms with Crippen LogP contribution < -0.4 is 0 Å². The van der Waals surface area contributed by atoms with Gasteiger partial charge < -0.3 is 14.2 Å². The smallest absolute Gasteiger partial charge is 0.306 e. The van der Waals surface area contributed by atoms with Crippen molar-refractivity contribution in [3.05, 3.63) is 85.1 Å². The third-order valence-electron chi connectivity index (χ3n) is 14.9. The Bertz CT molecular complexity index is 1500. The van der Waals surface area contributed by atoms with Crippen molar-refractivity contribution in [1.29, 1.82) is 0 Å². The molecule has 0 fully saturated rings. The maximum Gasteiger partial charge on any atom is 0.306 e. The first kappa shape index (κ1) is 75.6. The number of rotatable bonds is 62. The van der Waals surface area contributed by atoms with Gasteiger partial charge in [-0.25, -0.2) is 0 Å². The van der Waals surface area contributed by atoms with Gasteiger partial charge in [-0.2, -0.15) is 0 Å². The molecular weight excluding hydrogens is 973 g/mol. The molecule has 0 aliphatic carbocycles. The van der Waals surface area contributed by atoms with Crippen LogP contribution in [0.1, 0.15) is 342 Å². The van der Waals surface area contributed by atoms with E-state index in [9.17, 15) is 14.4 Å². The average molecular weight is 1100 g/mol. The second kappa shape index (κ2) is 67.1. The zero-order valence-corrected chi connectivity index (χ0v) is 52.4. The lowest BCUT2D eigenvalue weighted by atomic mass is 10.1. The summed E-state index contributed by atoms with van der Waals surface area (Å²) in [5.41, 5.74) is 0. The van der Waals surface area contributed by atoms with Crippen molar-refractivity contribution in [1.82, 2.24) is 0 Å². The number of carbonyl (C=O) groups is 3. The molecule has 0 saturated carbocycles. The summed E-state index contributed by atoms with van der Waals surface area (Å²) in [4.78, 5) is 38.5. The summed E-state index contributed by atoms with van der Waals surface area (Å²) >= 11 is 0. The highest BCUT2D eigenvalue weighted by Crippen LogP contribution is 2.17. The monoisotopic (exact) mass is 1100 g/mol. The van der Waals surface area contributed by atoms with E-state index >= 15 is 0 Å². The molecule has 0 rings (SSSR count). The van der Waals surface area contributed by atoms with Crippen molar-refractivity contribution in [3.63, 3.8) is 0 Å². The Hall–Kier alpha value is -3.41. The number of hydrogen-bond acceptors (Lipinski definition) is 6. The fourth-order valence-corrected chi connectivity index (χ4v) is 9.76. The van der Waals surface area contributed by atoms with Crippen LogP contribution in [-0.2, 0) is 28.6 Å². The summed E-state index contributed by atoms with van der Waals surface area (Å²) < 4.78 is 17.0. The Balaban J connectivity index is 4.39. The van der Waals surface area contributed by atoms with Gasteiger partial charge in [-0.1, -0.05) is 292 Å². The Kier molecular flexibility index (Phi) is 64.2. The average Bonchev–Trinajstić information content (AvgIpc) is 3.45. The molecule has 0 radical (unpaired) electrons. The summed E-state index contributed by atoms with van der Waals surface area (Å²) in [5, 5.41) is 0. The minimum absolute atomic E-state index is 0.0802. The van der Waals surface area contributed by atoms with Gasteiger partial charge in [0, 0.05) is 19.3 Å². The Morgan fingerprint density at radius 1 is 0.266 bits per heavy atom. The fourth-order valence-electron chi connectivity index (χ4n) is 9.76. The zero-order valence-electron chi connectivity index (χ0n) is 52.4. The first-order valence-electron chi connectivity index (χ1n) is 34.1. The van der Waals surface area contributed by atoms with Gasteiger partial charge in [-0.05, 0) is 116 Å². The zero-order chi connectivity index (χ0) is 57.1. The number of esters is 3. The largest absolute Gasteiger partial charge is 0.462 e. The molecule has 1 unspecified atom stereocenters. The van der Waals surface area contributed by atoms with Crippen molar-refractivity contribution in [2.24, 2.45) is 0 Å². The number of allylic oxidation sites excluding steroid dienone is 14. The van der Waals surface area contributed by atoms with Gasteiger partial charge in [0.1, 0.15) is 13.2 Å². The number of carbonyl (C=O) groups excluding carboxylic acids is 3. The summed E-state index contributed by atoms with van der Waals surface area (Å²) in [5.74, 6) is -0.878. The molecule has 0 aromatic rings. The predicted octanol–water partition coefficient (Wildman–Crippen LogP) is 23.4. The molecular formula is C73H128O6. The van der Waals surface area contributed by atoms with Crippen LogP contribution in [0.2, 0.25) is 0 Å². The summed E-state index contributed by atoms with van der Waals surface area (Å²) in [6.07, 6.45) is 88.7. The van der Waals surface area contributed by atoms with Crippen molar-refractivity contribution in [2.75, 3.05) is 13.2 Å². The predicted molar refractivity (Wildman–Crippen MR) is 344 cm³/mol. The van der Waals surface area contributed by atoms with E-state index in [1.54, 1.807) is 0 Å². The molecule has 0 amide bonds. The van der Waals surface area contributed by atoms with Crippen molar-refractivity contribution in [3.8, 4) is 0 Å². The summed E-state index contributed by atoms with van der Waals surface area (Å²) in [7, 11) is 0. The van der Waals surface area contributed by atoms with Gasteiger partial charge in [0.2, 0.25) is 0 Å². The van der Waals surface area contributed by atoms with E-state index in [2.05, 4.69) is 106 Å². The van der Waals surface area contributed by atoms with E-state index in [0.717, 1.165) is 96.3 Å². The lowest BCUT2D eigenvalue weighted by Crippen LogP contribution is -2.30. The van der Waals surface area contributed by atoms with Crippen LogP contribution in [0.25, 0.3) is 0 Å². The van der Waals surface area contributed by atoms with Gasteiger partial charge >= 0.3 is 17.9 Å². The first-order chi connectivity index (χ1) is 39.0. The van der Waals surface area contributed by atoms with E-state index in [-0.39, 0.29) is 31.1 Å². The van der Waals surface area contributed by atoms with Crippen LogP contribution in [0.3, 0.4) is 0 Å². The van der Waals surface area contributed by atoms with Crippen LogP contribution >= 0.6 is 0 Å². The van der Waals surface area contributed by atoms with Crippen LogP contribution in [-0.4, -0.2) is 37.2 Å². The van der Waals surface area contributed by atoms with E-state index < -0.39 is 6.10 Å². The van der Waals surface area contributed by atoms with E-state index in [4.69, 9.17) is 14.2 Å². The third kappa shape index (κ3) is 65.3. The lowest BCUT2D eigenvalue weighted by Gasteiger charge is -2.18. The second-order valence-electron chi connectivity index (χ2n) is 22.7. The van der Waals surface area contributed by atoms with Crippen LogP contribution in [0.15, 0.2) is 85.1 Å². The summed E-state index contributed by atoms with van der Waals surface area (Å²) in [6.45, 7) is 6.55. The minimum Gasteiger partial charge on any atom is -0.462 e. The molecule has 0 aromatic heterocycles. The molecule has 456 valence electrons. The molecule has 0 spiro atoms. The maximum atomic E-state index is 13.0. The minimum atomic E-state index is -0.785. The van der Waals surface area contributed by atoms with Crippen LogP contribution in [0, 0.1) is 0 Å². The second-order valence-corrected chi connectivity index (χ2v) is 22.7. The van der Waals surface area contributed by atoms with Crippen LogP contribution in [0.4, 0.5) is 0 Å². The molecule has 0 heterocycles. The topological polar surface area (TPSA) is 78.9 Å². The highest BCUT2D eigenvalue weighted by molar-refractivity contribution is 5.71. The van der Waals surface area contributed by atoms with Gasteiger partial charge in [0.25, 0.3) is 0 Å². The Morgan fingerprint density at radius 3 is 0.785 bits per heavy atom. The standard InChI is InChI=1S/C73H128O6/c1-4-7-10-13-16-19-22-25-28-31-34-36-39-42-45-48-51-54-57-60-63-66-72(75)78-69-70(68-77-71(74)65-62-59-56-53-50-47-44-41-38-33-30-27-24-21-18-15-12-9-6-3)79-73(76)67-64-61-58-55-52-49-46-43-40-37-35-32-29-26-23-20-17-14-11-8-5-2/h7,10,16,19,23,25-28,30,32,34-36,70H,4-6,8-9,11-15,17-18,20-22,24,29,31,33,37-69H2,1-3H3/b10-7-,19-16-,26-23-,28-25-,30-27-,35-32-,36-34-. The molecule has 6 nitrogen and oxygen atoms in total. The van der Waals surface area contributed by atoms with Crippen molar-refractivity contribution in [2.45, 2.75) is 348 Å². The molecule has 0 saturated heterocycles. The van der Waals surface area contributed by atoms with Gasteiger partial charge in [-0.3, -0.25) is 14.4 Å². The van der Waals surface area contributed by atoms with Crippen molar-refractivity contribution >= 4 is 17.9 Å². The quantitative estimate of drug-likeness (QED) is 0.0261. The molecule has 0 aliphatic heterocycles. The molecule has 6 heteroatoms. The fraction of sp³-hybridized carbons (Fsp3) is 0.767. The molecule has 0 N–H and O–H groups in total. The van der Waals surface area contributed by atoms with Crippen molar-refractivity contribution < 1.29 is 28.6 Å².